The van der Waals surface area contributed by atoms with Gasteiger partial charge in [0.1, 0.15) is 5.54 Å². The summed E-state index contributed by atoms with van der Waals surface area (Å²) in [6, 6.07) is 4.12. The number of hydrogen-bond acceptors (Lipinski definition) is 5. The summed E-state index contributed by atoms with van der Waals surface area (Å²) in [6.07, 6.45) is 0.346. The number of rotatable bonds is 5. The van der Waals surface area contributed by atoms with E-state index in [-0.39, 0.29) is 12.1 Å². The number of carboxylic acids is 1. The number of thioether (sulfide) groups is 1. The number of amides is 1. The molecule has 118 valence electrons. The molecule has 0 radical (unpaired) electrons. The highest BCUT2D eigenvalue weighted by Gasteiger charge is 2.43. The maximum Gasteiger partial charge on any atom is 0.330 e. The van der Waals surface area contributed by atoms with Crippen molar-refractivity contribution in [2.45, 2.75) is 18.4 Å². The van der Waals surface area contributed by atoms with Crippen LogP contribution in [-0.2, 0) is 16.0 Å². The van der Waals surface area contributed by atoms with Gasteiger partial charge >= 0.3 is 5.97 Å². The van der Waals surface area contributed by atoms with Crippen LogP contribution in [0.5, 0.6) is 0 Å². The lowest BCUT2D eigenvalue weighted by molar-refractivity contribution is -0.384. The smallest absolute Gasteiger partial charge is 0.330 e. The fourth-order valence-electron chi connectivity index (χ4n) is 2.16. The molecule has 0 spiro atoms. The number of hydrogen-bond donors (Lipinski definition) is 2. The third kappa shape index (κ3) is 3.58. The Morgan fingerprint density at radius 3 is 2.73 bits per heavy atom. The van der Waals surface area contributed by atoms with Crippen LogP contribution in [0.2, 0.25) is 0 Å². The van der Waals surface area contributed by atoms with Crippen molar-refractivity contribution in [2.24, 2.45) is 0 Å². The van der Waals surface area contributed by atoms with Crippen molar-refractivity contribution in [3.63, 3.8) is 0 Å². The summed E-state index contributed by atoms with van der Waals surface area (Å²) in [5.74, 6) is -0.420. The first-order valence-corrected chi connectivity index (χ1v) is 8.34. The van der Waals surface area contributed by atoms with E-state index in [1.54, 1.807) is 0 Å². The molecular weight excluding hydrogens is 376 g/mol. The molecule has 2 N–H and O–H groups in total. The van der Waals surface area contributed by atoms with Crippen LogP contribution in [-0.4, -0.2) is 39.0 Å². The van der Waals surface area contributed by atoms with Crippen LogP contribution in [0.3, 0.4) is 0 Å². The summed E-state index contributed by atoms with van der Waals surface area (Å²) in [5.41, 5.74) is -0.728. The molecule has 1 amide bonds. The average molecular weight is 389 g/mol. The van der Waals surface area contributed by atoms with Crippen molar-refractivity contribution in [1.29, 1.82) is 0 Å². The van der Waals surface area contributed by atoms with Crippen molar-refractivity contribution in [3.05, 3.63) is 38.3 Å². The fourth-order valence-corrected chi connectivity index (χ4v) is 4.00. The van der Waals surface area contributed by atoms with Gasteiger partial charge in [0, 0.05) is 22.4 Å². The van der Waals surface area contributed by atoms with E-state index >= 15 is 0 Å². The third-order valence-corrected chi connectivity index (χ3v) is 5.34. The first-order valence-electron chi connectivity index (χ1n) is 6.39. The van der Waals surface area contributed by atoms with Gasteiger partial charge < -0.3 is 10.4 Å². The molecule has 22 heavy (non-hydrogen) atoms. The SMILES string of the molecule is O=C(Cc1ccc([N+](=O)[O-])cc1Br)NC1(C(=O)O)CCSC1. The molecule has 1 aromatic rings. The summed E-state index contributed by atoms with van der Waals surface area (Å²) in [4.78, 5) is 33.6. The number of nitro benzene ring substituents is 1. The first-order chi connectivity index (χ1) is 10.3. The maximum atomic E-state index is 12.1. The van der Waals surface area contributed by atoms with E-state index in [9.17, 15) is 24.8 Å². The molecule has 1 atom stereocenters. The highest BCUT2D eigenvalue weighted by Crippen LogP contribution is 2.29. The molecule has 1 aliphatic rings. The molecule has 1 aliphatic heterocycles. The minimum Gasteiger partial charge on any atom is -0.479 e. The van der Waals surface area contributed by atoms with E-state index in [2.05, 4.69) is 21.2 Å². The zero-order chi connectivity index (χ0) is 16.3. The molecule has 0 aromatic heterocycles. The van der Waals surface area contributed by atoms with Gasteiger partial charge in [-0.25, -0.2) is 4.79 Å². The number of halogens is 1. The summed E-state index contributed by atoms with van der Waals surface area (Å²) in [6.45, 7) is 0. The maximum absolute atomic E-state index is 12.1. The van der Waals surface area contributed by atoms with Gasteiger partial charge in [0.05, 0.1) is 11.3 Å². The Balaban J connectivity index is 2.09. The molecule has 0 saturated carbocycles. The highest BCUT2D eigenvalue weighted by atomic mass is 79.9. The standard InChI is InChI=1S/C13H13BrN2O5S/c14-10-6-9(16(20)21)2-1-8(10)5-11(17)15-13(12(18)19)3-4-22-7-13/h1-2,6H,3-5,7H2,(H,15,17)(H,18,19). The minimum atomic E-state index is -1.21. The Hall–Kier alpha value is -1.61. The predicted octanol–water partition coefficient (Wildman–Crippen LogP) is 1.98. The van der Waals surface area contributed by atoms with Gasteiger partial charge in [-0.2, -0.15) is 11.8 Å². The van der Waals surface area contributed by atoms with Gasteiger partial charge in [0.15, 0.2) is 0 Å². The van der Waals surface area contributed by atoms with E-state index in [0.717, 1.165) is 0 Å². The van der Waals surface area contributed by atoms with Gasteiger partial charge in [-0.3, -0.25) is 14.9 Å². The minimum absolute atomic E-state index is 0.0434. The number of aliphatic carboxylic acids is 1. The number of benzene rings is 1. The quantitative estimate of drug-likeness (QED) is 0.589. The van der Waals surface area contributed by atoms with E-state index in [0.29, 0.717) is 28.0 Å². The molecule has 1 heterocycles. The lowest BCUT2D eigenvalue weighted by Crippen LogP contribution is -2.55. The van der Waals surface area contributed by atoms with Crippen molar-refractivity contribution in [3.8, 4) is 0 Å². The van der Waals surface area contributed by atoms with Crippen LogP contribution in [0.1, 0.15) is 12.0 Å². The second kappa shape index (κ2) is 6.66. The Morgan fingerprint density at radius 1 is 1.50 bits per heavy atom. The number of carbonyl (C=O) groups is 2. The fraction of sp³-hybridized carbons (Fsp3) is 0.385. The van der Waals surface area contributed by atoms with E-state index < -0.39 is 22.3 Å². The molecule has 1 fully saturated rings. The molecule has 1 saturated heterocycles. The first kappa shape index (κ1) is 16.8. The largest absolute Gasteiger partial charge is 0.479 e. The number of non-ortho nitro benzene ring substituents is 1. The Kier molecular flexibility index (Phi) is 5.07. The molecule has 1 aromatic carbocycles. The second-order valence-corrected chi connectivity index (χ2v) is 6.91. The molecule has 9 heteroatoms. The van der Waals surface area contributed by atoms with Gasteiger partial charge in [0.2, 0.25) is 5.91 Å². The van der Waals surface area contributed by atoms with Crippen molar-refractivity contribution in [2.75, 3.05) is 11.5 Å². The summed E-state index contributed by atoms with van der Waals surface area (Å²) >= 11 is 4.68. The number of nitro groups is 1. The summed E-state index contributed by atoms with van der Waals surface area (Å²) in [5, 5.41) is 22.6. The molecule has 7 nitrogen and oxygen atoms in total. The van der Waals surface area contributed by atoms with Crippen molar-refractivity contribution < 1.29 is 19.6 Å². The van der Waals surface area contributed by atoms with Crippen LogP contribution < -0.4 is 5.32 Å². The molecule has 0 bridgehead atoms. The number of nitrogens with one attached hydrogen (secondary N) is 1. The van der Waals surface area contributed by atoms with Gasteiger partial charge in [-0.1, -0.05) is 22.0 Å². The van der Waals surface area contributed by atoms with E-state index in [4.69, 9.17) is 0 Å². The average Bonchev–Trinajstić information content (AvgIpc) is 2.90. The zero-order valence-corrected chi connectivity index (χ0v) is 13.8. The molecule has 0 aliphatic carbocycles. The summed E-state index contributed by atoms with van der Waals surface area (Å²) in [7, 11) is 0. The Morgan fingerprint density at radius 2 is 2.23 bits per heavy atom. The molecular formula is C13H13BrN2O5S. The Labute approximate surface area is 138 Å². The lowest BCUT2D eigenvalue weighted by Gasteiger charge is -2.24. The lowest BCUT2D eigenvalue weighted by atomic mass is 9.98. The topological polar surface area (TPSA) is 110 Å². The second-order valence-electron chi connectivity index (χ2n) is 4.95. The molecule has 1 unspecified atom stereocenters. The van der Waals surface area contributed by atoms with Crippen molar-refractivity contribution >= 4 is 45.3 Å². The molecule has 2 rings (SSSR count). The van der Waals surface area contributed by atoms with Crippen LogP contribution in [0, 0.1) is 10.1 Å². The predicted molar refractivity (Wildman–Crippen MR) is 85.0 cm³/mol. The number of carboxylic acid groups (broad SMARTS) is 1. The van der Waals surface area contributed by atoms with Crippen LogP contribution in [0.15, 0.2) is 22.7 Å². The van der Waals surface area contributed by atoms with Crippen LogP contribution in [0.4, 0.5) is 5.69 Å². The normalized spacial score (nSPS) is 20.6. The van der Waals surface area contributed by atoms with Gasteiger partial charge in [-0.15, -0.1) is 0 Å². The number of nitrogens with zero attached hydrogens (tertiary/aromatic N) is 1. The van der Waals surface area contributed by atoms with E-state index in [1.165, 1.54) is 30.0 Å². The van der Waals surface area contributed by atoms with Crippen molar-refractivity contribution in [1.82, 2.24) is 5.32 Å². The monoisotopic (exact) mass is 388 g/mol. The van der Waals surface area contributed by atoms with Gasteiger partial charge in [-0.05, 0) is 17.7 Å². The van der Waals surface area contributed by atoms with Gasteiger partial charge in [0.25, 0.3) is 5.69 Å². The van der Waals surface area contributed by atoms with Crippen LogP contribution in [0.25, 0.3) is 0 Å². The zero-order valence-electron chi connectivity index (χ0n) is 11.4. The van der Waals surface area contributed by atoms with Crippen LogP contribution >= 0.6 is 27.7 Å². The van der Waals surface area contributed by atoms with E-state index in [1.807, 2.05) is 0 Å². The third-order valence-electron chi connectivity index (χ3n) is 3.41. The highest BCUT2D eigenvalue weighted by molar-refractivity contribution is 9.10. The Bertz CT molecular complexity index is 631. The summed E-state index contributed by atoms with van der Waals surface area (Å²) < 4.78 is 0.446. The number of carbonyl (C=O) groups excluding carboxylic acids is 1.